The Kier molecular flexibility index (Phi) is 4.76. The van der Waals surface area contributed by atoms with Crippen LogP contribution in [0.1, 0.15) is 21.5 Å². The summed E-state index contributed by atoms with van der Waals surface area (Å²) in [6, 6.07) is 13.3. The summed E-state index contributed by atoms with van der Waals surface area (Å²) in [5, 5.41) is 2.88. The first-order chi connectivity index (χ1) is 9.60. The number of carbonyl (C=O) groups excluding carboxylic acids is 1. The zero-order chi connectivity index (χ0) is 14.5. The van der Waals surface area contributed by atoms with Gasteiger partial charge in [0, 0.05) is 11.0 Å². The lowest BCUT2D eigenvalue weighted by atomic mass is 10.1. The van der Waals surface area contributed by atoms with Crippen molar-refractivity contribution in [3.05, 3.63) is 63.6 Å². The molecule has 4 nitrogen and oxygen atoms in total. The molecule has 0 aliphatic carbocycles. The second-order valence-corrected chi connectivity index (χ2v) is 5.42. The Morgan fingerprint density at radius 1 is 1.25 bits per heavy atom. The van der Waals surface area contributed by atoms with Crippen LogP contribution in [0.4, 0.5) is 5.69 Å². The molecular formula is C15H16BrN3O. The second-order valence-electron chi connectivity index (χ2n) is 4.51. The molecule has 0 spiro atoms. The maximum atomic E-state index is 12.2. The summed E-state index contributed by atoms with van der Waals surface area (Å²) in [5.41, 5.74) is 5.79. The van der Waals surface area contributed by atoms with Gasteiger partial charge in [-0.2, -0.15) is 0 Å². The van der Waals surface area contributed by atoms with E-state index in [1.807, 2.05) is 43.3 Å². The lowest BCUT2D eigenvalue weighted by Gasteiger charge is -2.10. The molecule has 0 radical (unpaired) electrons. The van der Waals surface area contributed by atoms with Gasteiger partial charge in [0.25, 0.3) is 5.91 Å². The number of nitrogens with two attached hydrogens (primary N) is 1. The Morgan fingerprint density at radius 2 is 2.05 bits per heavy atom. The minimum atomic E-state index is -0.155. The van der Waals surface area contributed by atoms with Gasteiger partial charge < -0.3 is 10.7 Å². The number of halogens is 1. The molecule has 0 saturated carbocycles. The van der Waals surface area contributed by atoms with Crippen LogP contribution in [-0.2, 0) is 6.54 Å². The molecule has 0 saturated heterocycles. The van der Waals surface area contributed by atoms with Gasteiger partial charge in [-0.05, 0) is 42.3 Å². The third-order valence-corrected chi connectivity index (χ3v) is 3.41. The first-order valence-corrected chi connectivity index (χ1v) is 6.99. The summed E-state index contributed by atoms with van der Waals surface area (Å²) in [6.45, 7) is 2.42. The molecular weight excluding hydrogens is 318 g/mol. The monoisotopic (exact) mass is 333 g/mol. The number of nitrogen functional groups attached to an aromatic ring is 1. The number of amides is 1. The van der Waals surface area contributed by atoms with E-state index in [9.17, 15) is 4.79 Å². The smallest absolute Gasteiger partial charge is 0.253 e. The first kappa shape index (κ1) is 14.6. The number of carbonyl (C=O) groups is 1. The van der Waals surface area contributed by atoms with Crippen LogP contribution in [0.5, 0.6) is 0 Å². The molecule has 5 heteroatoms. The summed E-state index contributed by atoms with van der Waals surface area (Å²) in [4.78, 5) is 12.2. The molecule has 0 fully saturated rings. The highest BCUT2D eigenvalue weighted by Crippen LogP contribution is 2.17. The van der Waals surface area contributed by atoms with Crippen LogP contribution in [0, 0.1) is 6.92 Å². The van der Waals surface area contributed by atoms with Crippen LogP contribution < -0.4 is 16.6 Å². The normalized spacial score (nSPS) is 10.2. The SMILES string of the molecule is Cc1ccc(C(=O)NCc2cccc(Br)c2)c(NN)c1. The fraction of sp³-hybridized carbons (Fsp3) is 0.133. The standard InChI is InChI=1S/C15H16BrN3O/c1-10-5-6-13(14(7-10)19-17)15(20)18-9-11-3-2-4-12(16)8-11/h2-8,19H,9,17H2,1H3,(H,18,20). The highest BCUT2D eigenvalue weighted by atomic mass is 79.9. The van der Waals surface area contributed by atoms with Gasteiger partial charge >= 0.3 is 0 Å². The summed E-state index contributed by atoms with van der Waals surface area (Å²) in [7, 11) is 0. The molecule has 0 aliphatic heterocycles. The molecule has 2 aromatic rings. The lowest BCUT2D eigenvalue weighted by molar-refractivity contribution is 0.0951. The first-order valence-electron chi connectivity index (χ1n) is 6.20. The van der Waals surface area contributed by atoms with Gasteiger partial charge in [0.2, 0.25) is 0 Å². The van der Waals surface area contributed by atoms with E-state index in [-0.39, 0.29) is 5.91 Å². The van der Waals surface area contributed by atoms with E-state index in [1.54, 1.807) is 6.07 Å². The van der Waals surface area contributed by atoms with E-state index in [0.29, 0.717) is 17.8 Å². The lowest BCUT2D eigenvalue weighted by Crippen LogP contribution is -2.24. The van der Waals surface area contributed by atoms with Crippen molar-refractivity contribution in [3.63, 3.8) is 0 Å². The van der Waals surface area contributed by atoms with E-state index in [1.165, 1.54) is 0 Å². The number of hydrazine groups is 1. The Balaban J connectivity index is 2.09. The van der Waals surface area contributed by atoms with Crippen LogP contribution in [-0.4, -0.2) is 5.91 Å². The van der Waals surface area contributed by atoms with E-state index >= 15 is 0 Å². The Hall–Kier alpha value is -1.85. The van der Waals surface area contributed by atoms with Gasteiger partial charge in [0.05, 0.1) is 11.3 Å². The highest BCUT2D eigenvalue weighted by molar-refractivity contribution is 9.10. The number of rotatable bonds is 4. The van der Waals surface area contributed by atoms with Crippen molar-refractivity contribution < 1.29 is 4.79 Å². The number of anilines is 1. The van der Waals surface area contributed by atoms with Gasteiger partial charge in [-0.1, -0.05) is 34.1 Å². The fourth-order valence-electron chi connectivity index (χ4n) is 1.90. The number of benzene rings is 2. The van der Waals surface area contributed by atoms with Crippen molar-refractivity contribution in [2.75, 3.05) is 5.43 Å². The van der Waals surface area contributed by atoms with Crippen molar-refractivity contribution in [2.45, 2.75) is 13.5 Å². The van der Waals surface area contributed by atoms with Crippen LogP contribution in [0.3, 0.4) is 0 Å². The summed E-state index contributed by atoms with van der Waals surface area (Å²) < 4.78 is 0.990. The molecule has 0 aliphatic rings. The van der Waals surface area contributed by atoms with Crippen LogP contribution in [0.2, 0.25) is 0 Å². The molecule has 20 heavy (non-hydrogen) atoms. The zero-order valence-corrected chi connectivity index (χ0v) is 12.7. The molecule has 1 amide bonds. The van der Waals surface area contributed by atoms with Crippen molar-refractivity contribution in [1.29, 1.82) is 0 Å². The largest absolute Gasteiger partial charge is 0.348 e. The van der Waals surface area contributed by atoms with Crippen molar-refractivity contribution in [3.8, 4) is 0 Å². The summed E-state index contributed by atoms with van der Waals surface area (Å²) in [6.07, 6.45) is 0. The number of hydrogen-bond donors (Lipinski definition) is 3. The van der Waals surface area contributed by atoms with Crippen molar-refractivity contribution in [2.24, 2.45) is 5.84 Å². The molecule has 0 aromatic heterocycles. The quantitative estimate of drug-likeness (QED) is 0.595. The molecule has 2 rings (SSSR count). The minimum Gasteiger partial charge on any atom is -0.348 e. The van der Waals surface area contributed by atoms with Crippen LogP contribution in [0.15, 0.2) is 46.9 Å². The van der Waals surface area contributed by atoms with E-state index in [4.69, 9.17) is 5.84 Å². The molecule has 0 atom stereocenters. The average molecular weight is 334 g/mol. The van der Waals surface area contributed by atoms with Gasteiger partial charge in [-0.15, -0.1) is 0 Å². The maximum absolute atomic E-state index is 12.2. The van der Waals surface area contributed by atoms with Gasteiger partial charge in [0.1, 0.15) is 0 Å². The van der Waals surface area contributed by atoms with E-state index in [2.05, 4.69) is 26.7 Å². The predicted octanol–water partition coefficient (Wildman–Crippen LogP) is 2.97. The van der Waals surface area contributed by atoms with Crippen molar-refractivity contribution in [1.82, 2.24) is 5.32 Å². The van der Waals surface area contributed by atoms with Gasteiger partial charge in [0.15, 0.2) is 0 Å². The minimum absolute atomic E-state index is 0.155. The van der Waals surface area contributed by atoms with Crippen LogP contribution in [0.25, 0.3) is 0 Å². The number of hydrogen-bond acceptors (Lipinski definition) is 3. The second kappa shape index (κ2) is 6.54. The van der Waals surface area contributed by atoms with Crippen LogP contribution >= 0.6 is 15.9 Å². The predicted molar refractivity (Wildman–Crippen MR) is 84.3 cm³/mol. The molecule has 4 N–H and O–H groups in total. The molecule has 0 bridgehead atoms. The maximum Gasteiger partial charge on any atom is 0.253 e. The number of aryl methyl sites for hydroxylation is 1. The Bertz CT molecular complexity index is 628. The number of nitrogens with one attached hydrogen (secondary N) is 2. The average Bonchev–Trinajstić information content (AvgIpc) is 2.44. The van der Waals surface area contributed by atoms with Crippen molar-refractivity contribution >= 4 is 27.5 Å². The summed E-state index contributed by atoms with van der Waals surface area (Å²) >= 11 is 3.41. The van der Waals surface area contributed by atoms with Gasteiger partial charge in [-0.25, -0.2) is 0 Å². The molecule has 2 aromatic carbocycles. The topological polar surface area (TPSA) is 67.2 Å². The zero-order valence-electron chi connectivity index (χ0n) is 11.1. The van der Waals surface area contributed by atoms with Gasteiger partial charge in [-0.3, -0.25) is 10.6 Å². The Morgan fingerprint density at radius 3 is 2.75 bits per heavy atom. The summed E-state index contributed by atoms with van der Waals surface area (Å²) in [5.74, 6) is 5.29. The van der Waals surface area contributed by atoms with E-state index < -0.39 is 0 Å². The molecule has 104 valence electrons. The van der Waals surface area contributed by atoms with E-state index in [0.717, 1.165) is 15.6 Å². The molecule has 0 unspecified atom stereocenters. The highest BCUT2D eigenvalue weighted by Gasteiger charge is 2.10. The fourth-order valence-corrected chi connectivity index (χ4v) is 2.35. The third kappa shape index (κ3) is 3.59. The third-order valence-electron chi connectivity index (χ3n) is 2.92. The Labute approximate surface area is 126 Å². The molecule has 0 heterocycles.